The fraction of sp³-hybridized carbons (Fsp3) is 0.611. The molecule has 2 fully saturated rings. The number of thiazole rings is 1. The van der Waals surface area contributed by atoms with Gasteiger partial charge in [0.2, 0.25) is 0 Å². The summed E-state index contributed by atoms with van der Waals surface area (Å²) in [5, 5.41) is 1.20. The van der Waals surface area contributed by atoms with Gasteiger partial charge in [-0.15, -0.1) is 0 Å². The van der Waals surface area contributed by atoms with Crippen LogP contribution < -0.4 is 4.90 Å². The Morgan fingerprint density at radius 1 is 1.17 bits per heavy atom. The van der Waals surface area contributed by atoms with E-state index in [0.29, 0.717) is 0 Å². The van der Waals surface area contributed by atoms with Gasteiger partial charge in [0.05, 0.1) is 23.4 Å². The molecule has 5 heteroatoms. The lowest BCUT2D eigenvalue weighted by Crippen LogP contribution is -2.49. The second kappa shape index (κ2) is 6.75. The van der Waals surface area contributed by atoms with E-state index in [2.05, 4.69) is 34.9 Å². The van der Waals surface area contributed by atoms with E-state index in [1.807, 2.05) is 11.3 Å². The number of hydrogen-bond acceptors (Lipinski definition) is 5. The Morgan fingerprint density at radius 2 is 1.96 bits per heavy atom. The smallest absolute Gasteiger partial charge is 0.186 e. The molecule has 2 saturated heterocycles. The van der Waals surface area contributed by atoms with Crippen LogP contribution in [0.15, 0.2) is 18.2 Å². The van der Waals surface area contributed by atoms with Gasteiger partial charge < -0.3 is 9.64 Å². The molecular weight excluding hydrogens is 306 g/mol. The summed E-state index contributed by atoms with van der Waals surface area (Å²) < 4.78 is 6.80. The first-order valence-corrected chi connectivity index (χ1v) is 9.61. The predicted molar refractivity (Wildman–Crippen MR) is 96.6 cm³/mol. The van der Waals surface area contributed by atoms with E-state index in [9.17, 15) is 0 Å². The first-order chi connectivity index (χ1) is 11.3. The van der Waals surface area contributed by atoms with Gasteiger partial charge in [-0.1, -0.05) is 24.3 Å². The maximum absolute atomic E-state index is 5.47. The van der Waals surface area contributed by atoms with Gasteiger partial charge in [-0.05, 0) is 37.0 Å². The van der Waals surface area contributed by atoms with E-state index in [0.717, 1.165) is 57.4 Å². The third-order valence-corrected chi connectivity index (χ3v) is 6.23. The van der Waals surface area contributed by atoms with Crippen LogP contribution >= 0.6 is 11.3 Å². The fourth-order valence-electron chi connectivity index (χ4n) is 3.68. The summed E-state index contributed by atoms with van der Waals surface area (Å²) in [7, 11) is 0. The zero-order chi connectivity index (χ0) is 15.6. The minimum Gasteiger partial charge on any atom is -0.379 e. The number of fused-ring (bicyclic) bond motifs is 1. The van der Waals surface area contributed by atoms with E-state index in [1.165, 1.54) is 28.2 Å². The molecule has 4 nitrogen and oxygen atoms in total. The Labute approximate surface area is 142 Å². The molecule has 2 aromatic rings. The molecule has 2 aliphatic heterocycles. The van der Waals surface area contributed by atoms with Crippen LogP contribution in [0.5, 0.6) is 0 Å². The number of morpholine rings is 1. The molecule has 0 unspecified atom stereocenters. The molecule has 0 spiro atoms. The Balaban J connectivity index is 1.43. The molecule has 0 aliphatic carbocycles. The monoisotopic (exact) mass is 331 g/mol. The highest BCUT2D eigenvalue weighted by Gasteiger charge is 2.27. The van der Waals surface area contributed by atoms with Crippen molar-refractivity contribution in [3.05, 3.63) is 23.8 Å². The van der Waals surface area contributed by atoms with E-state index >= 15 is 0 Å². The summed E-state index contributed by atoms with van der Waals surface area (Å²) in [5.41, 5.74) is 2.55. The zero-order valence-electron chi connectivity index (χ0n) is 13.8. The Bertz CT molecular complexity index is 657. The van der Waals surface area contributed by atoms with Gasteiger partial charge in [0.25, 0.3) is 0 Å². The largest absolute Gasteiger partial charge is 0.379 e. The summed E-state index contributed by atoms with van der Waals surface area (Å²) in [6.07, 6.45) is 3.58. The van der Waals surface area contributed by atoms with Gasteiger partial charge in [-0.25, -0.2) is 4.98 Å². The minimum absolute atomic E-state index is 0.733. The zero-order valence-corrected chi connectivity index (χ0v) is 14.6. The molecule has 0 bridgehead atoms. The summed E-state index contributed by atoms with van der Waals surface area (Å²) in [5.74, 6) is 0. The molecule has 1 aromatic carbocycles. The van der Waals surface area contributed by atoms with Gasteiger partial charge in [0, 0.05) is 32.2 Å². The maximum Gasteiger partial charge on any atom is 0.186 e. The Kier molecular flexibility index (Phi) is 4.51. The van der Waals surface area contributed by atoms with E-state index in [-0.39, 0.29) is 0 Å². The minimum atomic E-state index is 0.733. The number of benzene rings is 1. The van der Waals surface area contributed by atoms with E-state index in [1.54, 1.807) is 0 Å². The van der Waals surface area contributed by atoms with E-state index < -0.39 is 0 Å². The molecular formula is C18H25N3OS. The predicted octanol–water partition coefficient (Wildman–Crippen LogP) is 3.16. The molecule has 0 radical (unpaired) electrons. The van der Waals surface area contributed by atoms with Crippen molar-refractivity contribution in [1.29, 1.82) is 0 Å². The van der Waals surface area contributed by atoms with Crippen LogP contribution in [-0.4, -0.2) is 55.3 Å². The molecule has 2 aliphatic rings. The lowest BCUT2D eigenvalue weighted by molar-refractivity contribution is 0.0115. The van der Waals surface area contributed by atoms with Crippen LogP contribution in [-0.2, 0) is 11.2 Å². The highest BCUT2D eigenvalue weighted by molar-refractivity contribution is 7.22. The number of piperidine rings is 1. The standard InChI is InChI=1S/C18H25N3OS/c1-2-14-3-4-16-17(13-14)23-18(19-16)21-7-5-15(6-8-21)20-9-11-22-12-10-20/h3-4,13,15H,2,5-12H2,1H3. The molecule has 0 N–H and O–H groups in total. The van der Waals surface area contributed by atoms with Crippen LogP contribution in [0.1, 0.15) is 25.3 Å². The van der Waals surface area contributed by atoms with Crippen molar-refractivity contribution >= 4 is 26.7 Å². The van der Waals surface area contributed by atoms with Crippen molar-refractivity contribution in [1.82, 2.24) is 9.88 Å². The molecule has 0 saturated carbocycles. The number of aromatic nitrogens is 1. The van der Waals surface area contributed by atoms with Crippen LogP contribution in [0.2, 0.25) is 0 Å². The fourth-order valence-corrected chi connectivity index (χ4v) is 4.76. The van der Waals surface area contributed by atoms with Gasteiger partial charge in [-0.3, -0.25) is 4.90 Å². The number of ether oxygens (including phenoxy) is 1. The van der Waals surface area contributed by atoms with Crippen LogP contribution in [0.4, 0.5) is 5.13 Å². The summed E-state index contributed by atoms with van der Waals surface area (Å²) in [6, 6.07) is 7.42. The highest BCUT2D eigenvalue weighted by atomic mass is 32.1. The number of hydrogen-bond donors (Lipinski definition) is 0. The summed E-state index contributed by atoms with van der Waals surface area (Å²) in [4.78, 5) is 9.96. The molecule has 1 aromatic heterocycles. The second-order valence-electron chi connectivity index (χ2n) is 6.52. The van der Waals surface area contributed by atoms with Gasteiger partial charge in [-0.2, -0.15) is 0 Å². The molecule has 0 atom stereocenters. The maximum atomic E-state index is 5.47. The van der Waals surface area contributed by atoms with Gasteiger partial charge in [0.15, 0.2) is 5.13 Å². The molecule has 4 rings (SSSR count). The van der Waals surface area contributed by atoms with Crippen molar-refractivity contribution in [2.24, 2.45) is 0 Å². The Hall–Kier alpha value is -1.17. The second-order valence-corrected chi connectivity index (χ2v) is 7.53. The third kappa shape index (κ3) is 3.23. The Morgan fingerprint density at radius 3 is 2.70 bits per heavy atom. The van der Waals surface area contributed by atoms with E-state index in [4.69, 9.17) is 9.72 Å². The van der Waals surface area contributed by atoms with Gasteiger partial charge >= 0.3 is 0 Å². The number of aryl methyl sites for hydroxylation is 1. The van der Waals surface area contributed by atoms with Crippen LogP contribution in [0, 0.1) is 0 Å². The lowest BCUT2D eigenvalue weighted by atomic mass is 10.0. The molecule has 3 heterocycles. The van der Waals surface area contributed by atoms with Crippen LogP contribution in [0.25, 0.3) is 10.2 Å². The number of anilines is 1. The SMILES string of the molecule is CCc1ccc2nc(N3CCC(N4CCOCC4)CC3)sc2c1. The first kappa shape index (κ1) is 15.4. The van der Waals surface area contributed by atoms with Crippen LogP contribution in [0.3, 0.4) is 0 Å². The number of rotatable bonds is 3. The average Bonchev–Trinajstić information content (AvgIpc) is 3.05. The lowest BCUT2D eigenvalue weighted by Gasteiger charge is -2.40. The van der Waals surface area contributed by atoms with Crippen molar-refractivity contribution in [3.63, 3.8) is 0 Å². The van der Waals surface area contributed by atoms with Crippen molar-refractivity contribution in [2.45, 2.75) is 32.2 Å². The quantitative estimate of drug-likeness (QED) is 0.864. The summed E-state index contributed by atoms with van der Waals surface area (Å²) in [6.45, 7) is 8.47. The topological polar surface area (TPSA) is 28.6 Å². The first-order valence-electron chi connectivity index (χ1n) is 8.79. The van der Waals surface area contributed by atoms with Gasteiger partial charge in [0.1, 0.15) is 0 Å². The number of nitrogens with zero attached hydrogens (tertiary/aromatic N) is 3. The highest BCUT2D eigenvalue weighted by Crippen LogP contribution is 2.32. The van der Waals surface area contributed by atoms with Crippen molar-refractivity contribution in [2.75, 3.05) is 44.3 Å². The molecule has 0 amide bonds. The van der Waals surface area contributed by atoms with Crippen molar-refractivity contribution < 1.29 is 4.74 Å². The molecule has 23 heavy (non-hydrogen) atoms. The normalized spacial score (nSPS) is 21.2. The average molecular weight is 331 g/mol. The summed E-state index contributed by atoms with van der Waals surface area (Å²) >= 11 is 1.85. The van der Waals surface area contributed by atoms with Crippen molar-refractivity contribution in [3.8, 4) is 0 Å². The third-order valence-electron chi connectivity index (χ3n) is 5.15. The molecule has 124 valence electrons.